The highest BCUT2D eigenvalue weighted by Gasteiger charge is 2.28. The number of para-hydroxylation sites is 1. The van der Waals surface area contributed by atoms with E-state index in [-0.39, 0.29) is 11.5 Å². The first-order valence-electron chi connectivity index (χ1n) is 9.16. The summed E-state index contributed by atoms with van der Waals surface area (Å²) in [6, 6.07) is 9.75. The minimum atomic E-state index is -0.0904. The Balaban J connectivity index is 1.68. The molecule has 1 saturated heterocycles. The summed E-state index contributed by atoms with van der Waals surface area (Å²) in [5.41, 5.74) is 4.47. The van der Waals surface area contributed by atoms with Crippen molar-refractivity contribution >= 4 is 39.5 Å². The normalized spacial score (nSPS) is 14.6. The smallest absolute Gasteiger partial charge is 0.317 e. The number of hydrogen-bond acceptors (Lipinski definition) is 5. The summed E-state index contributed by atoms with van der Waals surface area (Å²) >= 11 is 1.53. The zero-order valence-corrected chi connectivity index (χ0v) is 16.7. The number of anilines is 1. The minimum Gasteiger partial charge on any atom is -0.362 e. The minimum absolute atomic E-state index is 0.0680. The molecule has 0 unspecified atom stereocenters. The summed E-state index contributed by atoms with van der Waals surface area (Å²) in [5, 5.41) is 4.81. The average molecular weight is 399 g/mol. The number of fused-ring (bicyclic) bond motifs is 1. The van der Waals surface area contributed by atoms with E-state index in [1.54, 1.807) is 18.7 Å². The number of amides is 1. The molecule has 7 nitrogen and oxygen atoms in total. The van der Waals surface area contributed by atoms with Crippen LogP contribution in [-0.4, -0.2) is 48.7 Å². The van der Waals surface area contributed by atoms with E-state index in [1.165, 1.54) is 16.8 Å². The van der Waals surface area contributed by atoms with E-state index in [2.05, 4.69) is 4.90 Å². The lowest BCUT2D eigenvalue weighted by molar-refractivity contribution is -0.830. The number of quaternary nitrogens is 1. The monoisotopic (exact) mass is 399 g/mol. The maximum Gasteiger partial charge on any atom is 0.317 e. The lowest BCUT2D eigenvalue weighted by Gasteiger charge is -2.36. The third-order valence-corrected chi connectivity index (χ3v) is 5.88. The number of hydrogen-bond donors (Lipinski definition) is 1. The van der Waals surface area contributed by atoms with Gasteiger partial charge in [-0.25, -0.2) is 4.84 Å². The summed E-state index contributed by atoms with van der Waals surface area (Å²) < 4.78 is 1.65. The van der Waals surface area contributed by atoms with Crippen LogP contribution in [0, 0.1) is 0 Å². The van der Waals surface area contributed by atoms with Gasteiger partial charge in [0.25, 0.3) is 11.6 Å². The predicted molar refractivity (Wildman–Crippen MR) is 110 cm³/mol. The highest BCUT2D eigenvalue weighted by atomic mass is 32.1. The molecule has 3 heterocycles. The Bertz CT molecular complexity index is 1050. The maximum absolute atomic E-state index is 12.9. The van der Waals surface area contributed by atoms with E-state index in [0.29, 0.717) is 31.9 Å². The van der Waals surface area contributed by atoms with E-state index in [9.17, 15) is 9.59 Å². The van der Waals surface area contributed by atoms with Gasteiger partial charge in [0.15, 0.2) is 0 Å². The first-order valence-corrected chi connectivity index (χ1v) is 10.1. The summed E-state index contributed by atoms with van der Waals surface area (Å²) in [5.74, 6) is 0.0680. The van der Waals surface area contributed by atoms with E-state index in [4.69, 9.17) is 4.84 Å². The summed E-state index contributed by atoms with van der Waals surface area (Å²) in [6.07, 6.45) is 0. The van der Waals surface area contributed by atoms with Gasteiger partial charge in [-0.05, 0) is 17.5 Å². The SMILES string of the molecule is CO[NH2+]c1c(N2CCN(C(=O)c3ccsc3)CC2)c2ccccc2n(C)c1=O. The van der Waals surface area contributed by atoms with Crippen molar-refractivity contribution in [3.8, 4) is 0 Å². The molecule has 0 radical (unpaired) electrons. The number of pyridine rings is 1. The zero-order chi connectivity index (χ0) is 19.7. The molecule has 0 aliphatic carbocycles. The number of thiophene rings is 1. The summed E-state index contributed by atoms with van der Waals surface area (Å²) in [6.45, 7) is 2.56. The molecule has 1 aliphatic rings. The fraction of sp³-hybridized carbons (Fsp3) is 0.300. The van der Waals surface area contributed by atoms with Gasteiger partial charge in [-0.3, -0.25) is 9.59 Å². The Morgan fingerprint density at radius 1 is 1.14 bits per heavy atom. The second-order valence-electron chi connectivity index (χ2n) is 6.79. The lowest BCUT2D eigenvalue weighted by Crippen LogP contribution is -2.78. The van der Waals surface area contributed by atoms with Crippen molar-refractivity contribution in [2.75, 3.05) is 38.2 Å². The molecule has 146 valence electrons. The fourth-order valence-electron chi connectivity index (χ4n) is 3.77. The summed E-state index contributed by atoms with van der Waals surface area (Å²) in [7, 11) is 3.33. The van der Waals surface area contributed by atoms with Crippen LogP contribution in [0.3, 0.4) is 0 Å². The Labute approximate surface area is 166 Å². The number of benzene rings is 1. The van der Waals surface area contributed by atoms with E-state index < -0.39 is 0 Å². The van der Waals surface area contributed by atoms with Gasteiger partial charge >= 0.3 is 5.56 Å². The number of aromatic nitrogens is 1. The van der Waals surface area contributed by atoms with Gasteiger partial charge in [0.1, 0.15) is 5.69 Å². The second-order valence-corrected chi connectivity index (χ2v) is 7.57. The number of carbonyl (C=O) groups excluding carboxylic acids is 1. The van der Waals surface area contributed by atoms with Crippen LogP contribution in [0.5, 0.6) is 0 Å². The van der Waals surface area contributed by atoms with Crippen LogP contribution < -0.4 is 15.9 Å². The quantitative estimate of drug-likeness (QED) is 0.672. The number of piperazine rings is 1. The molecule has 2 aromatic heterocycles. The molecular weight excluding hydrogens is 376 g/mol. The van der Waals surface area contributed by atoms with Gasteiger partial charge in [-0.1, -0.05) is 18.2 Å². The van der Waals surface area contributed by atoms with E-state index >= 15 is 0 Å². The molecular formula is C20H23N4O3S+. The fourth-order valence-corrected chi connectivity index (χ4v) is 4.40. The molecule has 1 aromatic carbocycles. The highest BCUT2D eigenvalue weighted by Crippen LogP contribution is 2.30. The molecule has 0 spiro atoms. The Hall–Kier alpha value is -2.68. The number of aryl methyl sites for hydroxylation is 1. The number of nitrogens with zero attached hydrogens (tertiary/aromatic N) is 3. The number of rotatable bonds is 4. The third kappa shape index (κ3) is 3.19. The molecule has 1 fully saturated rings. The van der Waals surface area contributed by atoms with Crippen molar-refractivity contribution < 1.29 is 15.1 Å². The van der Waals surface area contributed by atoms with Crippen LogP contribution >= 0.6 is 11.3 Å². The van der Waals surface area contributed by atoms with E-state index in [1.807, 2.05) is 46.0 Å². The second kappa shape index (κ2) is 7.75. The average Bonchev–Trinajstić information content (AvgIpc) is 3.27. The highest BCUT2D eigenvalue weighted by molar-refractivity contribution is 7.08. The van der Waals surface area contributed by atoms with Crippen molar-refractivity contribution in [3.05, 3.63) is 57.0 Å². The van der Waals surface area contributed by atoms with Crippen molar-refractivity contribution in [1.29, 1.82) is 0 Å². The Morgan fingerprint density at radius 3 is 2.57 bits per heavy atom. The van der Waals surface area contributed by atoms with Gasteiger partial charge in [-0.15, -0.1) is 0 Å². The van der Waals surface area contributed by atoms with Crippen LogP contribution in [0.1, 0.15) is 10.4 Å². The Morgan fingerprint density at radius 2 is 1.89 bits per heavy atom. The summed E-state index contributed by atoms with van der Waals surface area (Å²) in [4.78, 5) is 34.8. The largest absolute Gasteiger partial charge is 0.362 e. The van der Waals surface area contributed by atoms with Crippen LogP contribution in [0.25, 0.3) is 10.9 Å². The Kier molecular flexibility index (Phi) is 5.17. The number of carbonyl (C=O) groups is 1. The molecule has 1 aliphatic heterocycles. The van der Waals surface area contributed by atoms with Crippen molar-refractivity contribution in [3.63, 3.8) is 0 Å². The standard InChI is InChI=1S/C20H22N4O3S/c1-22-16-6-4-3-5-15(16)18(17(20(22)26)21-27-2)23-8-10-24(11-9-23)19(25)14-7-12-28-13-14/h3-7,12-13,21H,8-11H2,1-2H3/p+1. The molecule has 8 heteroatoms. The van der Waals surface area contributed by atoms with Crippen LogP contribution in [0.2, 0.25) is 0 Å². The first kappa shape index (κ1) is 18.7. The van der Waals surface area contributed by atoms with Crippen LogP contribution in [-0.2, 0) is 11.9 Å². The van der Waals surface area contributed by atoms with Gasteiger partial charge in [-0.2, -0.15) is 16.8 Å². The van der Waals surface area contributed by atoms with Gasteiger partial charge in [0, 0.05) is 44.0 Å². The molecule has 2 N–H and O–H groups in total. The van der Waals surface area contributed by atoms with Crippen molar-refractivity contribution in [2.45, 2.75) is 0 Å². The van der Waals surface area contributed by atoms with Crippen molar-refractivity contribution in [1.82, 2.24) is 9.47 Å². The van der Waals surface area contributed by atoms with Crippen LogP contribution in [0.15, 0.2) is 45.9 Å². The lowest BCUT2D eigenvalue weighted by atomic mass is 10.1. The molecule has 4 rings (SSSR count). The van der Waals surface area contributed by atoms with Gasteiger partial charge in [0.05, 0.1) is 18.2 Å². The maximum atomic E-state index is 12.9. The van der Waals surface area contributed by atoms with E-state index in [0.717, 1.165) is 22.2 Å². The molecule has 0 saturated carbocycles. The predicted octanol–water partition coefficient (Wildman–Crippen LogP) is 1.32. The molecule has 0 bridgehead atoms. The third-order valence-electron chi connectivity index (χ3n) is 5.20. The van der Waals surface area contributed by atoms with Crippen molar-refractivity contribution in [2.24, 2.45) is 7.05 Å². The molecule has 1 amide bonds. The topological polar surface area (TPSA) is 71.4 Å². The van der Waals surface area contributed by atoms with Gasteiger partial charge < -0.3 is 14.4 Å². The zero-order valence-electron chi connectivity index (χ0n) is 15.9. The van der Waals surface area contributed by atoms with Gasteiger partial charge in [0.2, 0.25) is 0 Å². The van der Waals surface area contributed by atoms with Crippen LogP contribution in [0.4, 0.5) is 11.4 Å². The molecule has 3 aromatic rings. The molecule has 0 atom stereocenters. The number of nitrogens with two attached hydrogens (primary N) is 1. The first-order chi connectivity index (χ1) is 13.6. The molecule has 28 heavy (non-hydrogen) atoms.